The van der Waals surface area contributed by atoms with Gasteiger partial charge >= 0.3 is 5.88 Å². The van der Waals surface area contributed by atoms with Gasteiger partial charge in [-0.1, -0.05) is 11.8 Å². The minimum Gasteiger partial charge on any atom is -0.616 e. The van der Waals surface area contributed by atoms with Crippen molar-refractivity contribution in [2.24, 2.45) is 0 Å². The maximum atomic E-state index is 11.6. The zero-order valence-corrected chi connectivity index (χ0v) is 11.4. The number of pyridine rings is 1. The monoisotopic (exact) mass is 292 g/mol. The highest BCUT2D eigenvalue weighted by atomic mass is 32.2. The summed E-state index contributed by atoms with van der Waals surface area (Å²) in [6.07, 6.45) is 4.68. The van der Waals surface area contributed by atoms with Gasteiger partial charge in [0.25, 0.3) is 0 Å². The molecular weight excluding hydrogens is 284 g/mol. The molecule has 0 aliphatic rings. The lowest BCUT2D eigenvalue weighted by molar-refractivity contribution is -0.611. The van der Waals surface area contributed by atoms with Crippen LogP contribution in [0.25, 0.3) is 10.3 Å². The molecule has 3 aromatic heterocycles. The Kier molecular flexibility index (Phi) is 3.18. The molecule has 0 amide bonds. The van der Waals surface area contributed by atoms with Crippen molar-refractivity contribution in [2.75, 3.05) is 6.26 Å². The van der Waals surface area contributed by atoms with Crippen molar-refractivity contribution < 1.29 is 9.47 Å². The van der Waals surface area contributed by atoms with Crippen molar-refractivity contribution in [2.45, 2.75) is 4.34 Å². The first-order valence-corrected chi connectivity index (χ1v) is 7.33. The second-order valence-corrected chi connectivity index (χ2v) is 5.53. The van der Waals surface area contributed by atoms with Crippen molar-refractivity contribution >= 4 is 33.4 Å². The molecule has 6 nitrogen and oxygen atoms in total. The number of fused-ring (bicyclic) bond motifs is 1. The predicted octanol–water partition coefficient (Wildman–Crippen LogP) is 2.23. The van der Waals surface area contributed by atoms with E-state index in [0.717, 1.165) is 9.04 Å². The van der Waals surface area contributed by atoms with Crippen LogP contribution >= 0.6 is 23.1 Å². The van der Waals surface area contributed by atoms with E-state index in [-0.39, 0.29) is 5.88 Å². The van der Waals surface area contributed by atoms with Gasteiger partial charge < -0.3 is 9.94 Å². The van der Waals surface area contributed by atoms with Crippen LogP contribution in [0.4, 0.5) is 0 Å². The first kappa shape index (κ1) is 12.1. The predicted molar refractivity (Wildman–Crippen MR) is 72.5 cm³/mol. The average molecular weight is 292 g/mol. The second kappa shape index (κ2) is 4.98. The van der Waals surface area contributed by atoms with Crippen molar-refractivity contribution in [3.8, 4) is 11.8 Å². The van der Waals surface area contributed by atoms with Crippen molar-refractivity contribution in [3.05, 3.63) is 35.9 Å². The Morgan fingerprint density at radius 2 is 2.26 bits per heavy atom. The number of rotatable bonds is 3. The van der Waals surface area contributed by atoms with E-state index in [9.17, 15) is 5.21 Å². The van der Waals surface area contributed by atoms with Crippen LogP contribution in [0.2, 0.25) is 0 Å². The van der Waals surface area contributed by atoms with E-state index in [1.54, 1.807) is 18.2 Å². The van der Waals surface area contributed by atoms with Gasteiger partial charge in [0.15, 0.2) is 16.2 Å². The third-order valence-corrected chi connectivity index (χ3v) is 4.32. The number of nitrogens with zero attached hydrogens (tertiary/aromatic N) is 4. The Balaban J connectivity index is 2.05. The van der Waals surface area contributed by atoms with Crippen LogP contribution in [0.15, 0.2) is 35.1 Å². The fraction of sp³-hybridized carbons (Fsp3) is 0.0909. The molecule has 96 valence electrons. The Morgan fingerprint density at radius 1 is 1.37 bits per heavy atom. The molecule has 0 radical (unpaired) electrons. The number of hydrogen-bond acceptors (Lipinski definition) is 7. The van der Waals surface area contributed by atoms with E-state index in [1.807, 2.05) is 6.26 Å². The van der Waals surface area contributed by atoms with E-state index < -0.39 is 0 Å². The maximum absolute atomic E-state index is 11.6. The summed E-state index contributed by atoms with van der Waals surface area (Å²) in [5, 5.41) is 11.6. The Labute approximate surface area is 116 Å². The number of ether oxygens (including phenoxy) is 1. The Hall–Kier alpha value is -1.93. The van der Waals surface area contributed by atoms with Gasteiger partial charge in [-0.25, -0.2) is 9.97 Å². The maximum Gasteiger partial charge on any atom is 0.386 e. The van der Waals surface area contributed by atoms with Crippen LogP contribution in [-0.4, -0.2) is 21.2 Å². The first-order chi connectivity index (χ1) is 9.28. The second-order valence-electron chi connectivity index (χ2n) is 3.48. The van der Waals surface area contributed by atoms with Gasteiger partial charge in [0.1, 0.15) is 11.0 Å². The zero-order chi connectivity index (χ0) is 13.2. The lowest BCUT2D eigenvalue weighted by Gasteiger charge is -2.04. The molecule has 0 spiro atoms. The molecule has 0 aliphatic carbocycles. The molecule has 0 fully saturated rings. The molecule has 0 bridgehead atoms. The molecule has 3 rings (SSSR count). The summed E-state index contributed by atoms with van der Waals surface area (Å²) in [7, 11) is 0. The summed E-state index contributed by atoms with van der Waals surface area (Å²) >= 11 is 2.97. The molecule has 19 heavy (non-hydrogen) atoms. The van der Waals surface area contributed by atoms with Crippen LogP contribution in [0.5, 0.6) is 11.8 Å². The summed E-state index contributed by atoms with van der Waals surface area (Å²) in [6.45, 7) is 0. The van der Waals surface area contributed by atoms with E-state index in [4.69, 9.17) is 4.74 Å². The standard InChI is InChI=1S/C11H8N4O2S2/c1-18-11-14-9-8(19-11)10(13-6-12-9)17-7-4-2-3-5-15(7)16/h2-6H,1H3. The minimum absolute atomic E-state index is 0.168. The fourth-order valence-corrected chi connectivity index (χ4v) is 2.90. The number of hydrogen-bond donors (Lipinski definition) is 0. The number of thioether (sulfide) groups is 1. The minimum atomic E-state index is 0.168. The van der Waals surface area contributed by atoms with E-state index >= 15 is 0 Å². The quantitative estimate of drug-likeness (QED) is 0.418. The van der Waals surface area contributed by atoms with Gasteiger partial charge in [-0.15, -0.1) is 16.1 Å². The summed E-state index contributed by atoms with van der Waals surface area (Å²) in [5.41, 5.74) is 0.577. The lowest BCUT2D eigenvalue weighted by Crippen LogP contribution is -2.26. The van der Waals surface area contributed by atoms with Crippen molar-refractivity contribution in [1.82, 2.24) is 15.0 Å². The van der Waals surface area contributed by atoms with Gasteiger partial charge in [0.2, 0.25) is 5.88 Å². The van der Waals surface area contributed by atoms with Crippen LogP contribution in [-0.2, 0) is 0 Å². The van der Waals surface area contributed by atoms with Gasteiger partial charge in [-0.05, 0) is 12.3 Å². The van der Waals surface area contributed by atoms with Crippen molar-refractivity contribution in [3.63, 3.8) is 0 Å². The summed E-state index contributed by atoms with van der Waals surface area (Å²) in [4.78, 5) is 12.5. The topological polar surface area (TPSA) is 74.8 Å². The largest absolute Gasteiger partial charge is 0.616 e. The molecule has 0 saturated heterocycles. The Morgan fingerprint density at radius 3 is 3.05 bits per heavy atom. The highest BCUT2D eigenvalue weighted by Crippen LogP contribution is 2.33. The summed E-state index contributed by atoms with van der Waals surface area (Å²) in [5.74, 6) is 0.514. The average Bonchev–Trinajstić information content (AvgIpc) is 2.85. The van der Waals surface area contributed by atoms with Crippen LogP contribution in [0.1, 0.15) is 0 Å². The molecule has 0 aromatic carbocycles. The van der Waals surface area contributed by atoms with Crippen LogP contribution in [0, 0.1) is 5.21 Å². The molecule has 8 heteroatoms. The highest BCUT2D eigenvalue weighted by molar-refractivity contribution is 8.00. The van der Waals surface area contributed by atoms with E-state index in [1.165, 1.54) is 35.6 Å². The van der Waals surface area contributed by atoms with Crippen molar-refractivity contribution in [1.29, 1.82) is 0 Å². The van der Waals surface area contributed by atoms with Gasteiger partial charge in [-0.2, -0.15) is 4.98 Å². The molecule has 0 unspecified atom stereocenters. The fourth-order valence-electron chi connectivity index (χ4n) is 1.47. The number of aromatic nitrogens is 4. The smallest absolute Gasteiger partial charge is 0.386 e. The Bertz CT molecular complexity index is 732. The van der Waals surface area contributed by atoms with Crippen LogP contribution < -0.4 is 9.47 Å². The third kappa shape index (κ3) is 2.32. The van der Waals surface area contributed by atoms with E-state index in [0.29, 0.717) is 16.3 Å². The third-order valence-electron chi connectivity index (χ3n) is 2.30. The molecule has 0 aliphatic heterocycles. The summed E-state index contributed by atoms with van der Waals surface area (Å²) in [6, 6.07) is 4.94. The van der Waals surface area contributed by atoms with Gasteiger partial charge in [-0.3, -0.25) is 0 Å². The SMILES string of the molecule is CSc1nc2ncnc(Oc3cccc[n+]3[O-])c2s1. The molecule has 0 saturated carbocycles. The molecule has 0 N–H and O–H groups in total. The normalized spacial score (nSPS) is 10.8. The summed E-state index contributed by atoms with van der Waals surface area (Å²) < 4.78 is 7.79. The lowest BCUT2D eigenvalue weighted by atomic mass is 10.5. The van der Waals surface area contributed by atoms with Crippen LogP contribution in [0.3, 0.4) is 0 Å². The molecule has 3 aromatic rings. The molecular formula is C11H8N4O2S2. The number of thiazole rings is 1. The zero-order valence-electron chi connectivity index (χ0n) is 9.81. The van der Waals surface area contributed by atoms with E-state index in [2.05, 4.69) is 15.0 Å². The van der Waals surface area contributed by atoms with Gasteiger partial charge in [0.05, 0.1) is 6.07 Å². The highest BCUT2D eigenvalue weighted by Gasteiger charge is 2.15. The first-order valence-electron chi connectivity index (χ1n) is 5.29. The van der Waals surface area contributed by atoms with Gasteiger partial charge in [0, 0.05) is 6.07 Å². The molecule has 3 heterocycles. The molecule has 0 atom stereocenters.